The maximum atomic E-state index is 12.2. The SMILES string of the molecule is CC(C)C[C@@H](NC(=O)[C@H](NC(=O)[C@@H](C)N)C(C)C)C(=O)O. The fraction of sp³-hybridized carbons (Fsp3) is 0.786. The molecular weight excluding hydrogens is 274 g/mol. The fourth-order valence-electron chi connectivity index (χ4n) is 1.77. The molecule has 0 saturated carbocycles. The molecule has 21 heavy (non-hydrogen) atoms. The number of carboxylic acid groups (broad SMARTS) is 1. The molecule has 0 aliphatic heterocycles. The Morgan fingerprint density at radius 1 is 1.00 bits per heavy atom. The molecule has 122 valence electrons. The van der Waals surface area contributed by atoms with E-state index in [1.165, 1.54) is 6.92 Å². The largest absolute Gasteiger partial charge is 0.480 e. The maximum Gasteiger partial charge on any atom is 0.326 e. The fourth-order valence-corrected chi connectivity index (χ4v) is 1.77. The lowest BCUT2D eigenvalue weighted by Gasteiger charge is -2.25. The van der Waals surface area contributed by atoms with E-state index in [1.54, 1.807) is 13.8 Å². The molecule has 0 aromatic rings. The highest BCUT2D eigenvalue weighted by Crippen LogP contribution is 2.08. The summed E-state index contributed by atoms with van der Waals surface area (Å²) < 4.78 is 0. The summed E-state index contributed by atoms with van der Waals surface area (Å²) in [5.41, 5.74) is 5.46. The van der Waals surface area contributed by atoms with Crippen LogP contribution in [0, 0.1) is 11.8 Å². The van der Waals surface area contributed by atoms with Gasteiger partial charge in [-0.1, -0.05) is 27.7 Å². The van der Waals surface area contributed by atoms with Gasteiger partial charge in [0.05, 0.1) is 6.04 Å². The predicted octanol–water partition coefficient (Wildman–Crippen LogP) is 0.0899. The van der Waals surface area contributed by atoms with Gasteiger partial charge in [-0.25, -0.2) is 4.79 Å². The van der Waals surface area contributed by atoms with E-state index in [-0.39, 0.29) is 11.8 Å². The molecule has 0 saturated heterocycles. The number of carboxylic acids is 1. The van der Waals surface area contributed by atoms with Gasteiger partial charge in [-0.2, -0.15) is 0 Å². The van der Waals surface area contributed by atoms with Crippen molar-refractivity contribution >= 4 is 17.8 Å². The first-order valence-electron chi connectivity index (χ1n) is 7.15. The van der Waals surface area contributed by atoms with Crippen LogP contribution in [-0.2, 0) is 14.4 Å². The van der Waals surface area contributed by atoms with Gasteiger partial charge in [0.2, 0.25) is 11.8 Å². The number of carbonyl (C=O) groups excluding carboxylic acids is 2. The molecule has 0 aliphatic carbocycles. The van der Waals surface area contributed by atoms with Gasteiger partial charge in [0.15, 0.2) is 0 Å². The second-order valence-corrected chi connectivity index (χ2v) is 6.05. The zero-order valence-corrected chi connectivity index (χ0v) is 13.3. The van der Waals surface area contributed by atoms with E-state index in [4.69, 9.17) is 10.8 Å². The van der Waals surface area contributed by atoms with Crippen LogP contribution in [0.5, 0.6) is 0 Å². The van der Waals surface area contributed by atoms with Gasteiger partial charge < -0.3 is 21.5 Å². The quantitative estimate of drug-likeness (QED) is 0.506. The summed E-state index contributed by atoms with van der Waals surface area (Å²) in [5.74, 6) is -2.09. The molecule has 7 nitrogen and oxygen atoms in total. The van der Waals surface area contributed by atoms with E-state index in [0.717, 1.165) is 0 Å². The Labute approximate surface area is 125 Å². The van der Waals surface area contributed by atoms with Crippen molar-refractivity contribution in [1.29, 1.82) is 0 Å². The molecule has 5 N–H and O–H groups in total. The topological polar surface area (TPSA) is 122 Å². The van der Waals surface area contributed by atoms with Crippen LogP contribution in [0.3, 0.4) is 0 Å². The van der Waals surface area contributed by atoms with Crippen LogP contribution in [0.25, 0.3) is 0 Å². The van der Waals surface area contributed by atoms with Crippen molar-refractivity contribution < 1.29 is 19.5 Å². The van der Waals surface area contributed by atoms with Crippen LogP contribution >= 0.6 is 0 Å². The van der Waals surface area contributed by atoms with Crippen LogP contribution in [0.1, 0.15) is 41.0 Å². The minimum absolute atomic E-state index is 0.127. The molecule has 0 bridgehead atoms. The molecule has 0 aromatic carbocycles. The van der Waals surface area contributed by atoms with Crippen molar-refractivity contribution in [3.8, 4) is 0 Å². The summed E-state index contributed by atoms with van der Waals surface area (Å²) >= 11 is 0. The highest BCUT2D eigenvalue weighted by atomic mass is 16.4. The summed E-state index contributed by atoms with van der Waals surface area (Å²) in [5, 5.41) is 14.2. The number of amides is 2. The Balaban J connectivity index is 4.88. The van der Waals surface area contributed by atoms with Gasteiger partial charge in [0, 0.05) is 0 Å². The van der Waals surface area contributed by atoms with E-state index in [0.29, 0.717) is 6.42 Å². The molecule has 0 aromatic heterocycles. The molecule has 0 radical (unpaired) electrons. The summed E-state index contributed by atoms with van der Waals surface area (Å²) in [6.45, 7) is 8.80. The van der Waals surface area contributed by atoms with Crippen LogP contribution < -0.4 is 16.4 Å². The Kier molecular flexibility index (Phi) is 7.94. The molecule has 0 aliphatic rings. The third-order valence-electron chi connectivity index (χ3n) is 2.98. The van der Waals surface area contributed by atoms with E-state index in [2.05, 4.69) is 10.6 Å². The van der Waals surface area contributed by atoms with Gasteiger partial charge in [-0.15, -0.1) is 0 Å². The molecule has 0 spiro atoms. The molecule has 7 heteroatoms. The number of nitrogens with one attached hydrogen (secondary N) is 2. The molecule has 0 heterocycles. The standard InChI is InChI=1S/C14H27N3O4/c1-7(2)6-10(14(20)21)16-13(19)11(8(3)4)17-12(18)9(5)15/h7-11H,6,15H2,1-5H3,(H,16,19)(H,17,18)(H,20,21)/t9-,10-,11-/m1/s1. The number of nitrogens with two attached hydrogens (primary N) is 1. The molecule has 3 atom stereocenters. The Hall–Kier alpha value is -1.63. The van der Waals surface area contributed by atoms with E-state index < -0.39 is 35.9 Å². The molecule has 0 unspecified atom stereocenters. The first kappa shape index (κ1) is 19.4. The average molecular weight is 301 g/mol. The lowest BCUT2D eigenvalue weighted by Crippen LogP contribution is -2.56. The summed E-state index contributed by atoms with van der Waals surface area (Å²) in [7, 11) is 0. The molecule has 0 fully saturated rings. The van der Waals surface area contributed by atoms with Gasteiger partial charge >= 0.3 is 5.97 Å². The third kappa shape index (κ3) is 7.08. The molecule has 2 amide bonds. The van der Waals surface area contributed by atoms with Crippen molar-refractivity contribution in [3.05, 3.63) is 0 Å². The summed E-state index contributed by atoms with van der Waals surface area (Å²) in [6, 6.07) is -2.51. The lowest BCUT2D eigenvalue weighted by atomic mass is 10.00. The van der Waals surface area contributed by atoms with Crippen molar-refractivity contribution in [3.63, 3.8) is 0 Å². The Bertz CT molecular complexity index is 380. The first-order chi connectivity index (χ1) is 9.56. The van der Waals surface area contributed by atoms with Gasteiger partial charge in [0.1, 0.15) is 12.1 Å². The number of carbonyl (C=O) groups is 3. The number of aliphatic carboxylic acids is 1. The second-order valence-electron chi connectivity index (χ2n) is 6.05. The molecular formula is C14H27N3O4. The number of rotatable bonds is 8. The monoisotopic (exact) mass is 301 g/mol. The normalized spacial score (nSPS) is 15.4. The third-order valence-corrected chi connectivity index (χ3v) is 2.98. The van der Waals surface area contributed by atoms with Crippen LogP contribution in [0.2, 0.25) is 0 Å². The zero-order valence-electron chi connectivity index (χ0n) is 13.3. The van der Waals surface area contributed by atoms with Crippen LogP contribution in [-0.4, -0.2) is 41.0 Å². The second kappa shape index (κ2) is 8.61. The maximum absolute atomic E-state index is 12.2. The highest BCUT2D eigenvalue weighted by molar-refractivity contribution is 5.91. The predicted molar refractivity (Wildman–Crippen MR) is 79.4 cm³/mol. The van der Waals surface area contributed by atoms with Crippen molar-refractivity contribution in [2.45, 2.75) is 59.2 Å². The number of hydrogen-bond donors (Lipinski definition) is 4. The zero-order chi connectivity index (χ0) is 16.7. The minimum Gasteiger partial charge on any atom is -0.480 e. The first-order valence-corrected chi connectivity index (χ1v) is 7.15. The van der Waals surface area contributed by atoms with Gasteiger partial charge in [0.25, 0.3) is 0 Å². The smallest absolute Gasteiger partial charge is 0.326 e. The summed E-state index contributed by atoms with van der Waals surface area (Å²) in [4.78, 5) is 35.0. The van der Waals surface area contributed by atoms with Crippen LogP contribution in [0.15, 0.2) is 0 Å². The van der Waals surface area contributed by atoms with Crippen molar-refractivity contribution in [1.82, 2.24) is 10.6 Å². The van der Waals surface area contributed by atoms with Crippen LogP contribution in [0.4, 0.5) is 0 Å². The van der Waals surface area contributed by atoms with Gasteiger partial charge in [-0.3, -0.25) is 9.59 Å². The number of hydrogen-bond acceptors (Lipinski definition) is 4. The van der Waals surface area contributed by atoms with Crippen molar-refractivity contribution in [2.75, 3.05) is 0 Å². The van der Waals surface area contributed by atoms with Crippen molar-refractivity contribution in [2.24, 2.45) is 17.6 Å². The Morgan fingerprint density at radius 3 is 1.86 bits per heavy atom. The Morgan fingerprint density at radius 2 is 1.52 bits per heavy atom. The minimum atomic E-state index is -1.09. The average Bonchev–Trinajstić information content (AvgIpc) is 2.33. The van der Waals surface area contributed by atoms with E-state index in [9.17, 15) is 14.4 Å². The summed E-state index contributed by atoms with van der Waals surface area (Å²) in [6.07, 6.45) is 0.327. The lowest BCUT2D eigenvalue weighted by molar-refractivity contribution is -0.143. The highest BCUT2D eigenvalue weighted by Gasteiger charge is 2.29. The van der Waals surface area contributed by atoms with Gasteiger partial charge in [-0.05, 0) is 25.2 Å². The van der Waals surface area contributed by atoms with E-state index >= 15 is 0 Å². The molecule has 0 rings (SSSR count). The van der Waals surface area contributed by atoms with E-state index in [1.807, 2.05) is 13.8 Å².